The van der Waals surface area contributed by atoms with Gasteiger partial charge in [0.2, 0.25) is 0 Å². The molecule has 0 fully saturated rings. The van der Waals surface area contributed by atoms with Crippen molar-refractivity contribution in [2.45, 2.75) is 46.1 Å². The Morgan fingerprint density at radius 2 is 1.28 bits per heavy atom. The molecule has 0 heterocycles. The van der Waals surface area contributed by atoms with Gasteiger partial charge in [0.15, 0.2) is 6.61 Å². The van der Waals surface area contributed by atoms with E-state index in [0.717, 1.165) is 0 Å². The van der Waals surface area contributed by atoms with Gasteiger partial charge in [0.1, 0.15) is 24.6 Å². The van der Waals surface area contributed by atoms with Gasteiger partial charge in [-0.15, -0.1) is 0 Å². The number of ether oxygens (including phenoxy) is 5. The highest BCUT2D eigenvalue weighted by molar-refractivity contribution is 5.80. The van der Waals surface area contributed by atoms with Gasteiger partial charge in [-0.1, -0.05) is 0 Å². The molecule has 0 spiro atoms. The number of hydrogen-bond acceptors (Lipinski definition) is 10. The standard InChI is InChI=1S/C18H31NO10/c1-14(20)5-6-15(21)26-11-9-24-7-8-25-10-12-27-16(22)13-28-19-17(23)29-18(2,3)4/h5-13H2,1-4H3,(H,19,23). The first-order valence-corrected chi connectivity index (χ1v) is 9.17. The van der Waals surface area contributed by atoms with Crippen molar-refractivity contribution < 1.29 is 47.7 Å². The highest BCUT2D eigenvalue weighted by Gasteiger charge is 2.16. The largest absolute Gasteiger partial charge is 0.463 e. The van der Waals surface area contributed by atoms with Crippen LogP contribution in [-0.2, 0) is 42.9 Å². The fraction of sp³-hybridized carbons (Fsp3) is 0.778. The van der Waals surface area contributed by atoms with Crippen molar-refractivity contribution in [1.82, 2.24) is 5.48 Å². The van der Waals surface area contributed by atoms with Gasteiger partial charge in [-0.3, -0.25) is 9.63 Å². The van der Waals surface area contributed by atoms with E-state index in [0.29, 0.717) is 0 Å². The first kappa shape index (κ1) is 26.8. The van der Waals surface area contributed by atoms with Crippen LogP contribution in [0.25, 0.3) is 0 Å². The summed E-state index contributed by atoms with van der Waals surface area (Å²) in [5.74, 6) is -1.18. The first-order chi connectivity index (χ1) is 13.6. The molecule has 29 heavy (non-hydrogen) atoms. The summed E-state index contributed by atoms with van der Waals surface area (Å²) in [6.07, 6.45) is -0.566. The van der Waals surface area contributed by atoms with Gasteiger partial charge in [0.25, 0.3) is 0 Å². The molecule has 11 heteroatoms. The van der Waals surface area contributed by atoms with Crippen LogP contribution in [0.15, 0.2) is 0 Å². The number of hydrogen-bond donors (Lipinski definition) is 1. The first-order valence-electron chi connectivity index (χ1n) is 9.17. The van der Waals surface area contributed by atoms with Crippen LogP contribution in [0.1, 0.15) is 40.5 Å². The Hall–Kier alpha value is -2.24. The number of Topliss-reactive ketones (excluding diaryl/α,β-unsaturated/α-hetero) is 1. The van der Waals surface area contributed by atoms with Crippen molar-refractivity contribution in [2.75, 3.05) is 46.2 Å². The molecule has 0 aliphatic carbocycles. The average Bonchev–Trinajstić information content (AvgIpc) is 2.59. The van der Waals surface area contributed by atoms with Crippen molar-refractivity contribution in [1.29, 1.82) is 0 Å². The number of ketones is 1. The van der Waals surface area contributed by atoms with Crippen molar-refractivity contribution in [2.24, 2.45) is 0 Å². The topological polar surface area (TPSA) is 136 Å². The van der Waals surface area contributed by atoms with Gasteiger partial charge in [-0.05, 0) is 27.7 Å². The molecule has 0 aliphatic rings. The third-order valence-electron chi connectivity index (χ3n) is 2.78. The monoisotopic (exact) mass is 421 g/mol. The molecule has 0 atom stereocenters. The molecule has 0 unspecified atom stereocenters. The van der Waals surface area contributed by atoms with E-state index in [2.05, 4.69) is 4.84 Å². The third kappa shape index (κ3) is 20.3. The average molecular weight is 421 g/mol. The summed E-state index contributed by atoms with van der Waals surface area (Å²) < 4.78 is 25.0. The second-order valence-corrected chi connectivity index (χ2v) is 6.76. The van der Waals surface area contributed by atoms with Gasteiger partial charge in [0.05, 0.1) is 32.8 Å². The lowest BCUT2D eigenvalue weighted by molar-refractivity contribution is -0.153. The number of rotatable bonds is 15. The summed E-state index contributed by atoms with van der Waals surface area (Å²) in [6.45, 7) is 7.07. The highest BCUT2D eigenvalue weighted by Crippen LogP contribution is 2.06. The van der Waals surface area contributed by atoms with Crippen molar-refractivity contribution in [3.8, 4) is 0 Å². The minimum absolute atomic E-state index is 0.0163. The van der Waals surface area contributed by atoms with Crippen LogP contribution < -0.4 is 5.48 Å². The van der Waals surface area contributed by atoms with E-state index in [1.807, 2.05) is 5.48 Å². The molecule has 168 valence electrons. The predicted octanol–water partition coefficient (Wildman–Crippen LogP) is 0.932. The van der Waals surface area contributed by atoms with Gasteiger partial charge in [-0.2, -0.15) is 5.48 Å². The van der Waals surface area contributed by atoms with E-state index in [4.69, 9.17) is 23.7 Å². The lowest BCUT2D eigenvalue weighted by Crippen LogP contribution is -2.34. The third-order valence-corrected chi connectivity index (χ3v) is 2.78. The van der Waals surface area contributed by atoms with Gasteiger partial charge >= 0.3 is 18.0 Å². The van der Waals surface area contributed by atoms with Crippen LogP contribution >= 0.6 is 0 Å². The zero-order chi connectivity index (χ0) is 22.1. The second kappa shape index (κ2) is 15.7. The van der Waals surface area contributed by atoms with Crippen molar-refractivity contribution in [3.63, 3.8) is 0 Å². The molecule has 0 aromatic carbocycles. The number of carbonyl (C=O) groups is 4. The zero-order valence-electron chi connectivity index (χ0n) is 17.4. The Morgan fingerprint density at radius 1 is 0.759 bits per heavy atom. The molecule has 0 aromatic heterocycles. The summed E-state index contributed by atoms with van der Waals surface area (Å²) in [7, 11) is 0. The number of nitrogens with one attached hydrogen (secondary N) is 1. The molecule has 11 nitrogen and oxygen atoms in total. The van der Waals surface area contributed by atoms with E-state index < -0.39 is 30.2 Å². The van der Waals surface area contributed by atoms with E-state index in [-0.39, 0.29) is 58.3 Å². The molecule has 1 N–H and O–H groups in total. The summed E-state index contributed by atoms with van der Waals surface area (Å²) in [5.41, 5.74) is 1.30. The smallest absolute Gasteiger partial charge is 0.431 e. The van der Waals surface area contributed by atoms with Gasteiger partial charge in [0, 0.05) is 6.42 Å². The maximum Gasteiger partial charge on any atom is 0.431 e. The lowest BCUT2D eigenvalue weighted by Gasteiger charge is -2.19. The Kier molecular flexibility index (Phi) is 14.4. The lowest BCUT2D eigenvalue weighted by atomic mass is 10.2. The van der Waals surface area contributed by atoms with Crippen molar-refractivity contribution >= 4 is 23.8 Å². The van der Waals surface area contributed by atoms with Crippen LogP contribution in [0.5, 0.6) is 0 Å². The van der Waals surface area contributed by atoms with E-state index in [9.17, 15) is 19.2 Å². The SMILES string of the molecule is CC(=O)CCC(=O)OCCOCCOCCOC(=O)CONC(=O)OC(C)(C)C. The Balaban J connectivity index is 3.41. The normalized spacial score (nSPS) is 10.9. The molecule has 1 amide bonds. The van der Waals surface area contributed by atoms with Crippen molar-refractivity contribution in [3.05, 3.63) is 0 Å². The molecule has 0 aliphatic heterocycles. The van der Waals surface area contributed by atoms with Crippen LogP contribution in [0.3, 0.4) is 0 Å². The fourth-order valence-electron chi connectivity index (χ4n) is 1.60. The quantitative estimate of drug-likeness (QED) is 0.176. The maximum atomic E-state index is 11.4. The van der Waals surface area contributed by atoms with Gasteiger partial charge in [-0.25, -0.2) is 9.59 Å². The van der Waals surface area contributed by atoms with E-state index >= 15 is 0 Å². The highest BCUT2D eigenvalue weighted by atomic mass is 16.7. The summed E-state index contributed by atoms with van der Waals surface area (Å²) in [4.78, 5) is 49.3. The van der Waals surface area contributed by atoms with Crippen LogP contribution in [0.2, 0.25) is 0 Å². The molecule has 0 rings (SSSR count). The Labute approximate surface area is 170 Å². The maximum absolute atomic E-state index is 11.4. The fourth-order valence-corrected chi connectivity index (χ4v) is 1.60. The zero-order valence-corrected chi connectivity index (χ0v) is 17.4. The van der Waals surface area contributed by atoms with Crippen LogP contribution in [0.4, 0.5) is 4.79 Å². The molecule has 0 saturated carbocycles. The summed E-state index contributed by atoms with van der Waals surface area (Å²) in [6, 6.07) is 0. The minimum Gasteiger partial charge on any atom is -0.463 e. The van der Waals surface area contributed by atoms with Crippen LogP contribution in [-0.4, -0.2) is 75.7 Å². The number of carbonyl (C=O) groups excluding carboxylic acids is 4. The minimum atomic E-state index is -0.806. The van der Waals surface area contributed by atoms with E-state index in [1.165, 1.54) is 6.92 Å². The molecule has 0 saturated heterocycles. The molecular weight excluding hydrogens is 390 g/mol. The molecule has 0 radical (unpaired) electrons. The van der Waals surface area contributed by atoms with Crippen LogP contribution in [0, 0.1) is 0 Å². The Morgan fingerprint density at radius 3 is 1.79 bits per heavy atom. The predicted molar refractivity (Wildman–Crippen MR) is 98.8 cm³/mol. The van der Waals surface area contributed by atoms with Gasteiger partial charge < -0.3 is 28.5 Å². The number of esters is 2. The molecule has 0 aromatic rings. The summed E-state index contributed by atoms with van der Waals surface area (Å²) >= 11 is 0. The number of hydroxylamine groups is 1. The molecular formula is C18H31NO10. The Bertz CT molecular complexity index is 515. The second-order valence-electron chi connectivity index (χ2n) is 6.76. The summed E-state index contributed by atoms with van der Waals surface area (Å²) in [5, 5.41) is 0. The molecule has 0 bridgehead atoms. The number of amides is 1. The van der Waals surface area contributed by atoms with E-state index in [1.54, 1.807) is 20.8 Å².